The van der Waals surface area contributed by atoms with Crippen molar-refractivity contribution in [2.24, 2.45) is 0 Å². The maximum absolute atomic E-state index is 11.5. The molecule has 0 saturated heterocycles. The van der Waals surface area contributed by atoms with Gasteiger partial charge in [0.25, 0.3) is 0 Å². The van der Waals surface area contributed by atoms with Gasteiger partial charge in [-0.15, -0.1) is 0 Å². The summed E-state index contributed by atoms with van der Waals surface area (Å²) < 4.78 is 11.8. The maximum Gasteiger partial charge on any atom is 0.411 e. The molecular formula is C12H14BrNO3. The second-order valence-electron chi connectivity index (χ2n) is 4.07. The van der Waals surface area contributed by atoms with Crippen LogP contribution in [0.15, 0.2) is 22.7 Å². The van der Waals surface area contributed by atoms with E-state index >= 15 is 0 Å². The lowest BCUT2D eigenvalue weighted by molar-refractivity contribution is -0.120. The Morgan fingerprint density at radius 2 is 2.29 bits per heavy atom. The third-order valence-electron chi connectivity index (χ3n) is 2.57. The minimum Gasteiger partial charge on any atom is -0.415 e. The first-order chi connectivity index (χ1) is 8.08. The average Bonchev–Trinajstić information content (AvgIpc) is 2.28. The van der Waals surface area contributed by atoms with Gasteiger partial charge in [-0.1, -0.05) is 22.0 Å². The number of halogens is 1. The van der Waals surface area contributed by atoms with E-state index in [0.29, 0.717) is 6.61 Å². The second kappa shape index (κ2) is 5.06. The minimum absolute atomic E-state index is 0.397. The van der Waals surface area contributed by atoms with Crippen molar-refractivity contribution in [1.29, 1.82) is 0 Å². The molecule has 0 fully saturated rings. The van der Waals surface area contributed by atoms with E-state index in [-0.39, 0.29) is 0 Å². The van der Waals surface area contributed by atoms with Gasteiger partial charge in [-0.05, 0) is 24.1 Å². The first-order valence-corrected chi connectivity index (χ1v) is 6.15. The molecule has 0 N–H and O–H groups in total. The fourth-order valence-electron chi connectivity index (χ4n) is 1.68. The van der Waals surface area contributed by atoms with Gasteiger partial charge in [0, 0.05) is 24.1 Å². The number of amides is 1. The van der Waals surface area contributed by atoms with E-state index in [1.165, 1.54) is 4.90 Å². The molecule has 5 heteroatoms. The molecule has 1 aliphatic rings. The average molecular weight is 300 g/mol. The molecule has 1 heterocycles. The molecule has 0 aromatic heterocycles. The van der Waals surface area contributed by atoms with Gasteiger partial charge in [0.1, 0.15) is 0 Å². The molecule has 0 saturated carbocycles. The molecule has 1 aromatic carbocycles. The van der Waals surface area contributed by atoms with Crippen LogP contribution in [0.3, 0.4) is 0 Å². The van der Waals surface area contributed by atoms with E-state index in [1.54, 1.807) is 14.1 Å². The van der Waals surface area contributed by atoms with Gasteiger partial charge in [-0.2, -0.15) is 0 Å². The molecule has 0 aliphatic carbocycles. The molecule has 2 rings (SSSR count). The van der Waals surface area contributed by atoms with Crippen LogP contribution in [0, 0.1) is 0 Å². The van der Waals surface area contributed by atoms with E-state index in [2.05, 4.69) is 15.9 Å². The zero-order valence-electron chi connectivity index (χ0n) is 9.77. The summed E-state index contributed by atoms with van der Waals surface area (Å²) >= 11 is 3.43. The zero-order valence-corrected chi connectivity index (χ0v) is 11.4. The molecule has 1 unspecified atom stereocenters. The molecule has 0 radical (unpaired) electrons. The number of hydrogen-bond acceptors (Lipinski definition) is 3. The van der Waals surface area contributed by atoms with Crippen LogP contribution < -0.4 is 0 Å². The summed E-state index contributed by atoms with van der Waals surface area (Å²) in [5.74, 6) is 0. The van der Waals surface area contributed by atoms with E-state index in [9.17, 15) is 4.79 Å². The number of benzene rings is 1. The third-order valence-corrected chi connectivity index (χ3v) is 3.07. The molecule has 0 bridgehead atoms. The summed E-state index contributed by atoms with van der Waals surface area (Å²) in [5, 5.41) is 0. The number of ether oxygens (including phenoxy) is 2. The molecule has 92 valence electrons. The van der Waals surface area contributed by atoms with E-state index in [0.717, 1.165) is 22.0 Å². The Balaban J connectivity index is 2.20. The van der Waals surface area contributed by atoms with Gasteiger partial charge in [0.15, 0.2) is 0 Å². The fourth-order valence-corrected chi connectivity index (χ4v) is 2.09. The molecule has 1 atom stereocenters. The highest BCUT2D eigenvalue weighted by molar-refractivity contribution is 9.10. The van der Waals surface area contributed by atoms with Crippen molar-refractivity contribution in [2.45, 2.75) is 12.7 Å². The van der Waals surface area contributed by atoms with Crippen molar-refractivity contribution in [3.63, 3.8) is 0 Å². The first kappa shape index (κ1) is 12.4. The Kier molecular flexibility index (Phi) is 3.69. The monoisotopic (exact) mass is 299 g/mol. The molecule has 0 spiro atoms. The number of hydrogen-bond donors (Lipinski definition) is 0. The summed E-state index contributed by atoms with van der Waals surface area (Å²) in [7, 11) is 3.29. The molecule has 1 aromatic rings. The molecule has 4 nitrogen and oxygen atoms in total. The lowest BCUT2D eigenvalue weighted by atomic mass is 10.0. The summed E-state index contributed by atoms with van der Waals surface area (Å²) in [6.45, 7) is 0.564. The number of carbonyl (C=O) groups excluding carboxylic acids is 1. The predicted octanol–water partition coefficient (Wildman–Crippen LogP) is 2.72. The van der Waals surface area contributed by atoms with Crippen LogP contribution in [0.1, 0.15) is 17.4 Å². The van der Waals surface area contributed by atoms with Crippen LogP contribution in [0.5, 0.6) is 0 Å². The summed E-state index contributed by atoms with van der Waals surface area (Å²) in [4.78, 5) is 12.9. The summed E-state index contributed by atoms with van der Waals surface area (Å²) in [5.41, 5.74) is 2.08. The van der Waals surface area contributed by atoms with Gasteiger partial charge in [-0.3, -0.25) is 0 Å². The van der Waals surface area contributed by atoms with Gasteiger partial charge in [0.2, 0.25) is 6.29 Å². The van der Waals surface area contributed by atoms with Gasteiger partial charge in [-0.25, -0.2) is 4.79 Å². The van der Waals surface area contributed by atoms with Crippen LogP contribution in [0.4, 0.5) is 4.79 Å². The molecule has 17 heavy (non-hydrogen) atoms. The SMILES string of the molecule is CN(C)C(=O)OC1OCCc2cc(Br)ccc21. The van der Waals surface area contributed by atoms with Crippen molar-refractivity contribution in [2.75, 3.05) is 20.7 Å². The molecule has 1 aliphatic heterocycles. The van der Waals surface area contributed by atoms with Crippen LogP contribution >= 0.6 is 15.9 Å². The van der Waals surface area contributed by atoms with Crippen molar-refractivity contribution < 1.29 is 14.3 Å². The first-order valence-electron chi connectivity index (χ1n) is 5.36. The zero-order chi connectivity index (χ0) is 12.4. The van der Waals surface area contributed by atoms with Gasteiger partial charge >= 0.3 is 6.09 Å². The molecule has 1 amide bonds. The standard InChI is InChI=1S/C12H14BrNO3/c1-14(2)12(15)17-11-10-4-3-9(13)7-8(10)5-6-16-11/h3-4,7,11H,5-6H2,1-2H3. The predicted molar refractivity (Wildman–Crippen MR) is 66.7 cm³/mol. The number of nitrogens with zero attached hydrogens (tertiary/aromatic N) is 1. The Hall–Kier alpha value is -1.07. The van der Waals surface area contributed by atoms with Crippen LogP contribution in [0.25, 0.3) is 0 Å². The summed E-state index contributed by atoms with van der Waals surface area (Å²) in [6.07, 6.45) is -0.155. The van der Waals surface area contributed by atoms with Gasteiger partial charge in [0.05, 0.1) is 6.61 Å². The quantitative estimate of drug-likeness (QED) is 0.800. The fraction of sp³-hybridized carbons (Fsp3) is 0.417. The largest absolute Gasteiger partial charge is 0.415 e. The summed E-state index contributed by atoms with van der Waals surface area (Å²) in [6, 6.07) is 5.88. The number of fused-ring (bicyclic) bond motifs is 1. The van der Waals surface area contributed by atoms with Crippen molar-refractivity contribution in [1.82, 2.24) is 4.90 Å². The Morgan fingerprint density at radius 3 is 3.00 bits per heavy atom. The number of rotatable bonds is 1. The Morgan fingerprint density at radius 1 is 1.53 bits per heavy atom. The number of carbonyl (C=O) groups is 1. The van der Waals surface area contributed by atoms with Crippen molar-refractivity contribution in [3.8, 4) is 0 Å². The highest BCUT2D eigenvalue weighted by atomic mass is 79.9. The van der Waals surface area contributed by atoms with Crippen LogP contribution in [-0.2, 0) is 15.9 Å². The van der Waals surface area contributed by atoms with Gasteiger partial charge < -0.3 is 14.4 Å². The van der Waals surface area contributed by atoms with Crippen molar-refractivity contribution >= 4 is 22.0 Å². The van der Waals surface area contributed by atoms with E-state index in [1.807, 2.05) is 18.2 Å². The van der Waals surface area contributed by atoms with E-state index in [4.69, 9.17) is 9.47 Å². The van der Waals surface area contributed by atoms with E-state index < -0.39 is 12.4 Å². The smallest absolute Gasteiger partial charge is 0.411 e. The normalized spacial score (nSPS) is 18.4. The second-order valence-corrected chi connectivity index (χ2v) is 4.99. The minimum atomic E-state index is -0.596. The topological polar surface area (TPSA) is 38.8 Å². The highest BCUT2D eigenvalue weighted by Gasteiger charge is 2.25. The Labute approximate surface area is 109 Å². The van der Waals surface area contributed by atoms with Crippen LogP contribution in [0.2, 0.25) is 0 Å². The Bertz CT molecular complexity index is 434. The highest BCUT2D eigenvalue weighted by Crippen LogP contribution is 2.30. The maximum atomic E-state index is 11.5. The lowest BCUT2D eigenvalue weighted by Gasteiger charge is -2.26. The lowest BCUT2D eigenvalue weighted by Crippen LogP contribution is -2.28. The van der Waals surface area contributed by atoms with Crippen molar-refractivity contribution in [3.05, 3.63) is 33.8 Å². The van der Waals surface area contributed by atoms with Crippen LogP contribution in [-0.4, -0.2) is 31.7 Å². The molecular weight excluding hydrogens is 286 g/mol. The third kappa shape index (κ3) is 2.79.